The van der Waals surface area contributed by atoms with Crippen LogP contribution in [-0.4, -0.2) is 37.5 Å². The van der Waals surface area contributed by atoms with Gasteiger partial charge in [-0.15, -0.1) is 0 Å². The van der Waals surface area contributed by atoms with Crippen molar-refractivity contribution < 1.29 is 0 Å². The predicted octanol–water partition coefficient (Wildman–Crippen LogP) is 2.91. The lowest BCUT2D eigenvalue weighted by Gasteiger charge is -2.24. The van der Waals surface area contributed by atoms with Gasteiger partial charge in [0.15, 0.2) is 0 Å². The van der Waals surface area contributed by atoms with Gasteiger partial charge in [0.05, 0.1) is 23.3 Å². The Morgan fingerprint density at radius 3 is 2.78 bits per heavy atom. The lowest BCUT2D eigenvalue weighted by molar-refractivity contribution is 0.238. The minimum absolute atomic E-state index is 0.372. The first-order valence-electron chi connectivity index (χ1n) is 8.08. The molecule has 0 radical (unpaired) electrons. The van der Waals surface area contributed by atoms with Gasteiger partial charge in [-0.2, -0.15) is 0 Å². The summed E-state index contributed by atoms with van der Waals surface area (Å²) >= 11 is 0. The fourth-order valence-corrected chi connectivity index (χ4v) is 2.87. The molecule has 0 aliphatic rings. The topological polar surface area (TPSA) is 46.8 Å². The molecule has 3 rings (SSSR count). The highest BCUT2D eigenvalue weighted by Gasteiger charge is 2.15. The van der Waals surface area contributed by atoms with Gasteiger partial charge in [-0.1, -0.05) is 12.1 Å². The van der Waals surface area contributed by atoms with Crippen LogP contribution in [0, 0.1) is 0 Å². The van der Waals surface area contributed by atoms with Gasteiger partial charge in [-0.05, 0) is 33.0 Å². The van der Waals surface area contributed by atoms with Crippen molar-refractivity contribution >= 4 is 11.0 Å². The first kappa shape index (κ1) is 15.6. The highest BCUT2D eigenvalue weighted by atomic mass is 15.2. The van der Waals surface area contributed by atoms with Gasteiger partial charge in [0.2, 0.25) is 0 Å². The maximum absolute atomic E-state index is 4.81. The van der Waals surface area contributed by atoms with Crippen LogP contribution >= 0.6 is 0 Å². The molecular weight excluding hydrogens is 286 g/mol. The monoisotopic (exact) mass is 309 g/mol. The third-order valence-electron chi connectivity index (χ3n) is 4.31. The van der Waals surface area contributed by atoms with Crippen molar-refractivity contribution in [2.45, 2.75) is 39.4 Å². The molecule has 1 atom stereocenters. The van der Waals surface area contributed by atoms with E-state index in [0.717, 1.165) is 36.5 Å². The molecule has 0 saturated heterocycles. The molecule has 23 heavy (non-hydrogen) atoms. The summed E-state index contributed by atoms with van der Waals surface area (Å²) in [6, 6.07) is 8.70. The lowest BCUT2D eigenvalue weighted by atomic mass is 10.1. The second kappa shape index (κ2) is 6.87. The van der Waals surface area contributed by atoms with Gasteiger partial charge in [-0.25, -0.2) is 4.98 Å². The number of hydrogen-bond acceptors (Lipinski definition) is 4. The number of fused-ring (bicyclic) bond motifs is 1. The molecule has 0 bridgehead atoms. The van der Waals surface area contributed by atoms with E-state index in [4.69, 9.17) is 4.98 Å². The van der Waals surface area contributed by atoms with Gasteiger partial charge >= 0.3 is 0 Å². The van der Waals surface area contributed by atoms with Crippen molar-refractivity contribution in [2.24, 2.45) is 0 Å². The molecule has 3 aromatic rings. The molecule has 0 fully saturated rings. The average molecular weight is 309 g/mol. The van der Waals surface area contributed by atoms with Crippen LogP contribution in [0.1, 0.15) is 25.4 Å². The highest BCUT2D eigenvalue weighted by molar-refractivity contribution is 5.75. The molecule has 1 unspecified atom stereocenters. The number of nitrogens with zero attached hydrogens (tertiary/aromatic N) is 5. The molecule has 0 amide bonds. The Labute approximate surface area is 137 Å². The van der Waals surface area contributed by atoms with E-state index in [9.17, 15) is 0 Å². The number of rotatable bonds is 6. The fourth-order valence-electron chi connectivity index (χ4n) is 2.87. The Kier molecular flexibility index (Phi) is 4.67. The first-order chi connectivity index (χ1) is 11.2. The van der Waals surface area contributed by atoms with Gasteiger partial charge < -0.3 is 4.57 Å². The van der Waals surface area contributed by atoms with Crippen LogP contribution in [-0.2, 0) is 19.5 Å². The molecule has 2 aromatic heterocycles. The number of aromatic nitrogens is 4. The zero-order valence-corrected chi connectivity index (χ0v) is 14.0. The van der Waals surface area contributed by atoms with Gasteiger partial charge in [0, 0.05) is 37.6 Å². The number of benzene rings is 1. The normalized spacial score (nSPS) is 12.9. The lowest BCUT2D eigenvalue weighted by Crippen LogP contribution is -2.31. The molecule has 0 saturated carbocycles. The minimum Gasteiger partial charge on any atom is -0.327 e. The van der Waals surface area contributed by atoms with Crippen molar-refractivity contribution in [3.05, 3.63) is 54.4 Å². The largest absolute Gasteiger partial charge is 0.327 e. The molecule has 120 valence electrons. The summed E-state index contributed by atoms with van der Waals surface area (Å²) in [7, 11) is 2.14. The Morgan fingerprint density at radius 2 is 2.04 bits per heavy atom. The van der Waals surface area contributed by atoms with Crippen LogP contribution in [0.3, 0.4) is 0 Å². The zero-order valence-electron chi connectivity index (χ0n) is 14.0. The number of imidazole rings is 1. The molecule has 5 nitrogen and oxygen atoms in total. The molecular formula is C18H23N5. The van der Waals surface area contributed by atoms with Crippen LogP contribution in [0.5, 0.6) is 0 Å². The Morgan fingerprint density at radius 1 is 1.22 bits per heavy atom. The van der Waals surface area contributed by atoms with Crippen molar-refractivity contribution in [1.82, 2.24) is 24.4 Å². The van der Waals surface area contributed by atoms with Gasteiger partial charge in [0.25, 0.3) is 0 Å². The molecule has 2 heterocycles. The van der Waals surface area contributed by atoms with E-state index in [2.05, 4.69) is 58.5 Å². The SMILES string of the molecule is CCn1c(CN(C)C(C)Cc2cnccn2)nc2ccccc21. The number of para-hydroxylation sites is 2. The summed E-state index contributed by atoms with van der Waals surface area (Å²) in [4.78, 5) is 15.6. The Bertz CT molecular complexity index is 765. The molecule has 0 spiro atoms. The van der Waals surface area contributed by atoms with Crippen LogP contribution < -0.4 is 0 Å². The van der Waals surface area contributed by atoms with E-state index in [1.807, 2.05) is 12.3 Å². The van der Waals surface area contributed by atoms with Gasteiger partial charge in [-0.3, -0.25) is 14.9 Å². The second-order valence-electron chi connectivity index (χ2n) is 5.93. The fraction of sp³-hybridized carbons (Fsp3) is 0.389. The Balaban J connectivity index is 1.75. The van der Waals surface area contributed by atoms with Gasteiger partial charge in [0.1, 0.15) is 5.82 Å². The van der Waals surface area contributed by atoms with Crippen molar-refractivity contribution in [1.29, 1.82) is 0 Å². The number of aryl methyl sites for hydroxylation is 1. The molecule has 0 aliphatic heterocycles. The maximum atomic E-state index is 4.81. The summed E-state index contributed by atoms with van der Waals surface area (Å²) < 4.78 is 2.29. The third-order valence-corrected chi connectivity index (χ3v) is 4.31. The van der Waals surface area contributed by atoms with E-state index in [1.165, 1.54) is 5.52 Å². The molecule has 0 aliphatic carbocycles. The van der Waals surface area contributed by atoms with E-state index in [-0.39, 0.29) is 0 Å². The smallest absolute Gasteiger partial charge is 0.124 e. The quantitative estimate of drug-likeness (QED) is 0.702. The zero-order chi connectivity index (χ0) is 16.2. The molecule has 1 aromatic carbocycles. The first-order valence-corrected chi connectivity index (χ1v) is 8.08. The second-order valence-corrected chi connectivity index (χ2v) is 5.93. The van der Waals surface area contributed by atoms with E-state index < -0.39 is 0 Å². The third kappa shape index (κ3) is 3.40. The van der Waals surface area contributed by atoms with Crippen molar-refractivity contribution in [3.8, 4) is 0 Å². The van der Waals surface area contributed by atoms with Crippen LogP contribution in [0.25, 0.3) is 11.0 Å². The molecule has 5 heteroatoms. The summed E-state index contributed by atoms with van der Waals surface area (Å²) in [5.74, 6) is 1.11. The van der Waals surface area contributed by atoms with E-state index >= 15 is 0 Å². The summed E-state index contributed by atoms with van der Waals surface area (Å²) in [5.41, 5.74) is 3.30. The Hall–Kier alpha value is -2.27. The summed E-state index contributed by atoms with van der Waals surface area (Å²) in [6.07, 6.45) is 6.18. The van der Waals surface area contributed by atoms with E-state index in [0.29, 0.717) is 6.04 Å². The average Bonchev–Trinajstić information content (AvgIpc) is 2.92. The van der Waals surface area contributed by atoms with Crippen LogP contribution in [0.15, 0.2) is 42.9 Å². The van der Waals surface area contributed by atoms with E-state index in [1.54, 1.807) is 12.4 Å². The van der Waals surface area contributed by atoms with Crippen LogP contribution in [0.4, 0.5) is 0 Å². The van der Waals surface area contributed by atoms with Crippen LogP contribution in [0.2, 0.25) is 0 Å². The minimum atomic E-state index is 0.372. The molecule has 0 N–H and O–H groups in total. The maximum Gasteiger partial charge on any atom is 0.124 e. The standard InChI is InChI=1S/C18H23N5/c1-4-23-17-8-6-5-7-16(17)21-18(23)13-22(3)14(2)11-15-12-19-9-10-20-15/h5-10,12,14H,4,11,13H2,1-3H3. The predicted molar refractivity (Wildman–Crippen MR) is 92.1 cm³/mol. The summed E-state index contributed by atoms with van der Waals surface area (Å²) in [5, 5.41) is 0. The number of hydrogen-bond donors (Lipinski definition) is 0. The van der Waals surface area contributed by atoms with Crippen molar-refractivity contribution in [3.63, 3.8) is 0 Å². The number of likely N-dealkylation sites (N-methyl/N-ethyl adjacent to an activating group) is 1. The highest BCUT2D eigenvalue weighted by Crippen LogP contribution is 2.18. The summed E-state index contributed by atoms with van der Waals surface area (Å²) in [6.45, 7) is 6.14. The van der Waals surface area contributed by atoms with Crippen molar-refractivity contribution in [2.75, 3.05) is 7.05 Å².